The van der Waals surface area contributed by atoms with Crippen molar-refractivity contribution in [3.63, 3.8) is 0 Å². The van der Waals surface area contributed by atoms with Crippen molar-refractivity contribution in [3.05, 3.63) is 63.4 Å². The van der Waals surface area contributed by atoms with E-state index in [0.29, 0.717) is 10.0 Å². The minimum atomic E-state index is -4.87. The first-order chi connectivity index (χ1) is 13.0. The van der Waals surface area contributed by atoms with Crippen LogP contribution in [0.15, 0.2) is 28.7 Å². The van der Waals surface area contributed by atoms with Gasteiger partial charge >= 0.3 is 10.1 Å². The molecule has 0 N–H and O–H groups in total. The highest BCUT2D eigenvalue weighted by molar-refractivity contribution is 9.10. The van der Waals surface area contributed by atoms with Gasteiger partial charge in [-0.1, -0.05) is 28.1 Å². The fourth-order valence-corrected chi connectivity index (χ4v) is 4.58. The summed E-state index contributed by atoms with van der Waals surface area (Å²) in [5, 5.41) is -0.298. The van der Waals surface area contributed by atoms with Crippen LogP contribution in [-0.4, -0.2) is 32.4 Å². The molecular weight excluding hydrogens is 477 g/mol. The maximum Gasteiger partial charge on any atom is 0.316 e. The number of hydrogen-bond donors (Lipinski definition) is 0. The van der Waals surface area contributed by atoms with Crippen LogP contribution >= 0.6 is 15.9 Å². The molecule has 0 saturated carbocycles. The Balaban J connectivity index is 2.02. The molecule has 1 fully saturated rings. The van der Waals surface area contributed by atoms with E-state index in [4.69, 9.17) is 4.84 Å². The van der Waals surface area contributed by atoms with Gasteiger partial charge in [-0.2, -0.15) is 22.3 Å². The Morgan fingerprint density at radius 2 is 1.64 bits per heavy atom. The lowest BCUT2D eigenvalue weighted by Gasteiger charge is -2.23. The van der Waals surface area contributed by atoms with Gasteiger partial charge in [0.25, 0.3) is 0 Å². The molecule has 0 aromatic heterocycles. The van der Waals surface area contributed by atoms with Gasteiger partial charge in [-0.05, 0) is 17.7 Å². The van der Waals surface area contributed by atoms with Gasteiger partial charge in [0.15, 0.2) is 0 Å². The zero-order valence-electron chi connectivity index (χ0n) is 13.9. The molecule has 1 aliphatic heterocycles. The van der Waals surface area contributed by atoms with Gasteiger partial charge in [0.1, 0.15) is 5.25 Å². The van der Waals surface area contributed by atoms with E-state index in [1.165, 1.54) is 12.1 Å². The van der Waals surface area contributed by atoms with E-state index < -0.39 is 62.9 Å². The summed E-state index contributed by atoms with van der Waals surface area (Å²) < 4.78 is 97.6. The minimum Gasteiger partial charge on any atom is -0.376 e. The zero-order chi connectivity index (χ0) is 20.8. The van der Waals surface area contributed by atoms with Gasteiger partial charge in [0, 0.05) is 11.5 Å². The average molecular weight is 488 g/mol. The summed E-state index contributed by atoms with van der Waals surface area (Å²) in [5.74, 6) is -13.7. The molecule has 0 spiro atoms. The van der Waals surface area contributed by atoms with Crippen molar-refractivity contribution >= 4 is 26.0 Å². The molecule has 3 rings (SSSR count). The maximum atomic E-state index is 13.8. The third-order valence-corrected chi connectivity index (χ3v) is 6.14. The molecule has 1 heterocycles. The third-order valence-electron chi connectivity index (χ3n) is 4.12. The molecule has 0 radical (unpaired) electrons. The van der Waals surface area contributed by atoms with Crippen LogP contribution in [0.4, 0.5) is 22.0 Å². The molecule has 2 aromatic carbocycles. The second-order valence-electron chi connectivity index (χ2n) is 5.86. The molecule has 28 heavy (non-hydrogen) atoms. The molecule has 0 aliphatic carbocycles. The predicted octanol–water partition coefficient (Wildman–Crippen LogP) is 3.84. The molecule has 5 nitrogen and oxygen atoms in total. The number of rotatable bonds is 4. The molecule has 152 valence electrons. The largest absolute Gasteiger partial charge is 0.376 e. The molecule has 12 heteroatoms. The highest BCUT2D eigenvalue weighted by Crippen LogP contribution is 2.37. The summed E-state index contributed by atoms with van der Waals surface area (Å²) in [6.07, 6.45) is 0. The zero-order valence-corrected chi connectivity index (χ0v) is 16.3. The quantitative estimate of drug-likeness (QED) is 0.284. The lowest BCUT2D eigenvalue weighted by Crippen LogP contribution is -2.34. The van der Waals surface area contributed by atoms with Gasteiger partial charge in [-0.15, -0.1) is 0 Å². The third kappa shape index (κ3) is 3.61. The first-order valence-corrected chi connectivity index (χ1v) is 9.87. The molecule has 1 aliphatic rings. The molecular formula is C16H11BrF5NO4S. The monoisotopic (exact) mass is 487 g/mol. The van der Waals surface area contributed by atoms with Crippen LogP contribution in [0, 0.1) is 29.1 Å². The second kappa shape index (κ2) is 7.58. The highest BCUT2D eigenvalue weighted by Gasteiger charge is 2.46. The van der Waals surface area contributed by atoms with Crippen LogP contribution in [-0.2, 0) is 15.0 Å². The fraction of sp³-hybridized carbons (Fsp3) is 0.250. The standard InChI is InChI=1S/C16H11BrF5NO4S/c1-23-15(7-3-2-4-8(17)5-7)9(6-26-23)28(24,25)27-16-13(21)11(19)10(18)12(20)14(16)22/h2-5,9,15H,6H2,1H3/t9-,15+/m1/s1. The summed E-state index contributed by atoms with van der Waals surface area (Å²) in [5.41, 5.74) is 0.462. The summed E-state index contributed by atoms with van der Waals surface area (Å²) >= 11 is 3.24. The Hall–Kier alpha value is -1.76. The number of hydrogen-bond acceptors (Lipinski definition) is 5. The van der Waals surface area contributed by atoms with E-state index in [9.17, 15) is 30.4 Å². The van der Waals surface area contributed by atoms with E-state index in [-0.39, 0.29) is 0 Å². The molecule has 1 saturated heterocycles. The highest BCUT2D eigenvalue weighted by atomic mass is 79.9. The van der Waals surface area contributed by atoms with Crippen molar-refractivity contribution in [2.75, 3.05) is 13.7 Å². The number of nitrogens with zero attached hydrogens (tertiary/aromatic N) is 1. The molecule has 0 amide bonds. The number of hydroxylamine groups is 2. The normalized spacial score (nSPS) is 20.5. The Morgan fingerprint density at radius 3 is 2.21 bits per heavy atom. The lowest BCUT2D eigenvalue weighted by molar-refractivity contribution is -0.110. The fourth-order valence-electron chi connectivity index (χ4n) is 2.79. The van der Waals surface area contributed by atoms with Crippen molar-refractivity contribution in [1.82, 2.24) is 5.06 Å². The van der Waals surface area contributed by atoms with Crippen LogP contribution in [0.3, 0.4) is 0 Å². The van der Waals surface area contributed by atoms with E-state index in [1.54, 1.807) is 24.3 Å². The SMILES string of the molecule is CN1OC[C@@H](S(=O)(=O)Oc2c(F)c(F)c(F)c(F)c2F)[C@@H]1c1cccc(Br)c1. The van der Waals surface area contributed by atoms with E-state index in [1.807, 2.05) is 0 Å². The Bertz CT molecular complexity index is 1010. The van der Waals surface area contributed by atoms with Crippen LogP contribution in [0.25, 0.3) is 0 Å². The summed E-state index contributed by atoms with van der Waals surface area (Å²) in [6.45, 7) is -0.453. The average Bonchev–Trinajstić information content (AvgIpc) is 3.04. The van der Waals surface area contributed by atoms with Gasteiger partial charge in [0.05, 0.1) is 12.6 Å². The number of halogens is 6. The molecule has 2 atom stereocenters. The second-order valence-corrected chi connectivity index (χ2v) is 8.53. The van der Waals surface area contributed by atoms with Crippen LogP contribution in [0.5, 0.6) is 5.75 Å². The molecule has 0 unspecified atom stereocenters. The molecule has 0 bridgehead atoms. The minimum absolute atomic E-state index is 0.453. The molecule has 2 aromatic rings. The lowest BCUT2D eigenvalue weighted by atomic mass is 10.0. The Kier molecular flexibility index (Phi) is 5.67. The van der Waals surface area contributed by atoms with Crippen molar-refractivity contribution in [3.8, 4) is 5.75 Å². The van der Waals surface area contributed by atoms with Crippen LogP contribution in [0.2, 0.25) is 0 Å². The number of benzene rings is 2. The van der Waals surface area contributed by atoms with Gasteiger partial charge in [-0.25, -0.2) is 13.2 Å². The first-order valence-electron chi connectivity index (χ1n) is 7.60. The Morgan fingerprint density at radius 1 is 1.07 bits per heavy atom. The van der Waals surface area contributed by atoms with Crippen molar-refractivity contribution in [2.24, 2.45) is 0 Å². The summed E-state index contributed by atoms with van der Waals surface area (Å²) in [6, 6.07) is 5.54. The van der Waals surface area contributed by atoms with Crippen LogP contribution in [0.1, 0.15) is 11.6 Å². The van der Waals surface area contributed by atoms with Gasteiger partial charge in [0.2, 0.25) is 34.8 Å². The van der Waals surface area contributed by atoms with Gasteiger partial charge in [-0.3, -0.25) is 4.84 Å². The van der Waals surface area contributed by atoms with Crippen molar-refractivity contribution < 1.29 is 39.4 Å². The van der Waals surface area contributed by atoms with Crippen molar-refractivity contribution in [2.45, 2.75) is 11.3 Å². The summed E-state index contributed by atoms with van der Waals surface area (Å²) in [4.78, 5) is 5.19. The van der Waals surface area contributed by atoms with Crippen LogP contribution < -0.4 is 4.18 Å². The van der Waals surface area contributed by atoms with E-state index in [0.717, 1.165) is 0 Å². The van der Waals surface area contributed by atoms with E-state index in [2.05, 4.69) is 20.1 Å². The van der Waals surface area contributed by atoms with Crippen molar-refractivity contribution in [1.29, 1.82) is 0 Å². The first kappa shape index (κ1) is 21.0. The smallest absolute Gasteiger partial charge is 0.316 e. The topological polar surface area (TPSA) is 55.8 Å². The maximum absolute atomic E-state index is 13.8. The van der Waals surface area contributed by atoms with E-state index >= 15 is 0 Å². The predicted molar refractivity (Wildman–Crippen MR) is 90.2 cm³/mol. The van der Waals surface area contributed by atoms with Gasteiger partial charge < -0.3 is 4.18 Å². The Labute approximate surface area is 164 Å². The summed E-state index contributed by atoms with van der Waals surface area (Å²) in [7, 11) is -3.44.